The Kier molecular flexibility index (Phi) is 6.10. The van der Waals surface area contributed by atoms with Gasteiger partial charge in [0.2, 0.25) is 0 Å². The first kappa shape index (κ1) is 15.7. The third-order valence-corrected chi connectivity index (χ3v) is 2.88. The number of anilines is 1. The molecule has 1 aromatic heterocycles. The number of nitrogens with zero attached hydrogens (tertiary/aromatic N) is 3. The summed E-state index contributed by atoms with van der Waals surface area (Å²) < 4.78 is 5.76. The maximum atomic E-state index is 11.0. The summed E-state index contributed by atoms with van der Waals surface area (Å²) in [5.41, 5.74) is 2.98. The minimum atomic E-state index is -0.528. The number of aromatic nitrogens is 3. The Labute approximate surface area is 128 Å². The molecule has 0 aliphatic rings. The minimum Gasteiger partial charge on any atom is -0.493 e. The molecule has 1 aromatic carbocycles. The molecule has 0 aliphatic carbocycles. The monoisotopic (exact) mass is 301 g/mol. The zero-order valence-corrected chi connectivity index (χ0v) is 12.5. The first-order chi connectivity index (χ1) is 10.8. The molecule has 2 aromatic rings. The molecular weight excluding hydrogens is 282 g/mol. The SMILES string of the molecule is CCCCCOc1ccccc1/C=N/Nc1cn[nH]c(=O)n1. The van der Waals surface area contributed by atoms with E-state index in [1.54, 1.807) is 6.21 Å². The van der Waals surface area contributed by atoms with Gasteiger partial charge < -0.3 is 4.74 Å². The van der Waals surface area contributed by atoms with Crippen LogP contribution in [-0.4, -0.2) is 28.0 Å². The molecule has 2 rings (SSSR count). The second-order valence-corrected chi connectivity index (χ2v) is 4.64. The molecule has 0 unspecified atom stereocenters. The molecular formula is C15H19N5O2. The van der Waals surface area contributed by atoms with Crippen molar-refractivity contribution in [3.63, 3.8) is 0 Å². The molecule has 0 aliphatic heterocycles. The Bertz CT molecular complexity index is 669. The summed E-state index contributed by atoms with van der Waals surface area (Å²) in [4.78, 5) is 14.7. The number of para-hydroxylation sites is 1. The summed E-state index contributed by atoms with van der Waals surface area (Å²) in [5.74, 6) is 1.06. The molecule has 22 heavy (non-hydrogen) atoms. The van der Waals surface area contributed by atoms with E-state index >= 15 is 0 Å². The van der Waals surface area contributed by atoms with E-state index in [2.05, 4.69) is 32.6 Å². The van der Waals surface area contributed by atoms with E-state index in [1.807, 2.05) is 24.3 Å². The molecule has 0 amide bonds. The molecule has 1 heterocycles. The van der Waals surface area contributed by atoms with Crippen molar-refractivity contribution < 1.29 is 4.74 Å². The number of aromatic amines is 1. The zero-order chi connectivity index (χ0) is 15.6. The third-order valence-electron chi connectivity index (χ3n) is 2.88. The highest BCUT2D eigenvalue weighted by Gasteiger charge is 2.00. The number of rotatable bonds is 8. The lowest BCUT2D eigenvalue weighted by molar-refractivity contribution is 0.306. The van der Waals surface area contributed by atoms with E-state index in [0.717, 1.165) is 30.6 Å². The van der Waals surface area contributed by atoms with Gasteiger partial charge in [0.15, 0.2) is 5.82 Å². The number of unbranched alkanes of at least 4 members (excludes halogenated alkanes) is 2. The number of hydrogen-bond donors (Lipinski definition) is 2. The Morgan fingerprint density at radius 3 is 3.05 bits per heavy atom. The van der Waals surface area contributed by atoms with E-state index in [9.17, 15) is 4.79 Å². The van der Waals surface area contributed by atoms with E-state index in [0.29, 0.717) is 6.61 Å². The number of nitrogens with one attached hydrogen (secondary N) is 2. The number of hydrazone groups is 1. The molecule has 0 spiro atoms. The van der Waals surface area contributed by atoms with E-state index in [4.69, 9.17) is 4.74 Å². The highest BCUT2D eigenvalue weighted by atomic mass is 16.5. The molecule has 0 saturated carbocycles. The van der Waals surface area contributed by atoms with Crippen molar-refractivity contribution in [1.82, 2.24) is 15.2 Å². The topological polar surface area (TPSA) is 92.3 Å². The molecule has 0 radical (unpaired) electrons. The number of ether oxygens (including phenoxy) is 1. The van der Waals surface area contributed by atoms with Crippen LogP contribution in [-0.2, 0) is 0 Å². The van der Waals surface area contributed by atoms with Gasteiger partial charge in [0.25, 0.3) is 0 Å². The lowest BCUT2D eigenvalue weighted by atomic mass is 10.2. The fraction of sp³-hybridized carbons (Fsp3) is 0.333. The molecule has 0 atom stereocenters. The van der Waals surface area contributed by atoms with Crippen molar-refractivity contribution in [2.45, 2.75) is 26.2 Å². The standard InChI is InChI=1S/C15H19N5O2/c1-2-3-6-9-22-13-8-5-4-7-12(13)10-16-19-14-11-17-20-15(21)18-14/h4-5,7-8,10-11H,2-3,6,9H2,1H3,(H2,18,19,20,21)/b16-10+. The smallest absolute Gasteiger partial charge is 0.363 e. The molecule has 0 bridgehead atoms. The highest BCUT2D eigenvalue weighted by molar-refractivity contribution is 5.83. The van der Waals surface area contributed by atoms with Gasteiger partial charge in [0, 0.05) is 5.56 Å². The van der Waals surface area contributed by atoms with Gasteiger partial charge in [-0.1, -0.05) is 31.9 Å². The number of H-pyrrole nitrogens is 1. The van der Waals surface area contributed by atoms with Crippen molar-refractivity contribution in [2.24, 2.45) is 5.10 Å². The first-order valence-electron chi connectivity index (χ1n) is 7.22. The lowest BCUT2D eigenvalue weighted by Crippen LogP contribution is -2.13. The van der Waals surface area contributed by atoms with Crippen LogP contribution in [0.2, 0.25) is 0 Å². The Hall–Kier alpha value is -2.70. The van der Waals surface area contributed by atoms with Crippen molar-refractivity contribution >= 4 is 12.0 Å². The zero-order valence-electron chi connectivity index (χ0n) is 12.5. The van der Waals surface area contributed by atoms with Crippen LogP contribution in [0.5, 0.6) is 5.75 Å². The third kappa shape index (κ3) is 5.01. The van der Waals surface area contributed by atoms with Crippen LogP contribution in [0.25, 0.3) is 0 Å². The van der Waals surface area contributed by atoms with Gasteiger partial charge in [-0.2, -0.15) is 15.2 Å². The van der Waals surface area contributed by atoms with Gasteiger partial charge in [-0.15, -0.1) is 0 Å². The first-order valence-corrected chi connectivity index (χ1v) is 7.22. The summed E-state index contributed by atoms with van der Waals surface area (Å²) >= 11 is 0. The van der Waals surface area contributed by atoms with Crippen LogP contribution in [0.3, 0.4) is 0 Å². The normalized spacial score (nSPS) is 10.8. The van der Waals surface area contributed by atoms with Crippen LogP contribution in [0.4, 0.5) is 5.82 Å². The number of hydrogen-bond acceptors (Lipinski definition) is 6. The van der Waals surface area contributed by atoms with Gasteiger partial charge >= 0.3 is 5.69 Å². The van der Waals surface area contributed by atoms with Crippen molar-refractivity contribution in [2.75, 3.05) is 12.0 Å². The molecule has 0 fully saturated rings. The van der Waals surface area contributed by atoms with Gasteiger partial charge in [-0.25, -0.2) is 9.89 Å². The van der Waals surface area contributed by atoms with Crippen LogP contribution in [0, 0.1) is 0 Å². The Morgan fingerprint density at radius 2 is 2.23 bits per heavy atom. The van der Waals surface area contributed by atoms with Crippen LogP contribution in [0.15, 0.2) is 40.4 Å². The van der Waals surface area contributed by atoms with Gasteiger partial charge in [-0.3, -0.25) is 5.43 Å². The average molecular weight is 301 g/mol. The summed E-state index contributed by atoms with van der Waals surface area (Å²) in [6, 6.07) is 7.64. The minimum absolute atomic E-state index is 0.279. The molecule has 2 N–H and O–H groups in total. The number of benzene rings is 1. The fourth-order valence-corrected chi connectivity index (χ4v) is 1.79. The van der Waals surface area contributed by atoms with E-state index < -0.39 is 5.69 Å². The van der Waals surface area contributed by atoms with E-state index in [-0.39, 0.29) is 5.82 Å². The fourth-order valence-electron chi connectivity index (χ4n) is 1.79. The van der Waals surface area contributed by atoms with Crippen LogP contribution in [0.1, 0.15) is 31.7 Å². The molecule has 116 valence electrons. The second-order valence-electron chi connectivity index (χ2n) is 4.64. The van der Waals surface area contributed by atoms with Crippen molar-refractivity contribution in [1.29, 1.82) is 0 Å². The molecule has 0 saturated heterocycles. The molecule has 7 nitrogen and oxygen atoms in total. The largest absolute Gasteiger partial charge is 0.493 e. The second kappa shape index (κ2) is 8.56. The lowest BCUT2D eigenvalue weighted by Gasteiger charge is -2.08. The summed E-state index contributed by atoms with van der Waals surface area (Å²) in [6.45, 7) is 2.84. The molecule has 7 heteroatoms. The summed E-state index contributed by atoms with van der Waals surface area (Å²) in [7, 11) is 0. The Balaban J connectivity index is 1.96. The van der Waals surface area contributed by atoms with Crippen LogP contribution >= 0.6 is 0 Å². The maximum absolute atomic E-state index is 11.0. The van der Waals surface area contributed by atoms with Gasteiger partial charge in [-0.05, 0) is 18.6 Å². The maximum Gasteiger partial charge on any atom is 0.363 e. The predicted molar refractivity (Wildman–Crippen MR) is 85.3 cm³/mol. The van der Waals surface area contributed by atoms with Crippen molar-refractivity contribution in [3.8, 4) is 5.75 Å². The van der Waals surface area contributed by atoms with Gasteiger partial charge in [0.05, 0.1) is 19.0 Å². The average Bonchev–Trinajstić information content (AvgIpc) is 2.53. The van der Waals surface area contributed by atoms with Crippen LogP contribution < -0.4 is 15.9 Å². The predicted octanol–water partition coefficient (Wildman–Crippen LogP) is 2.18. The van der Waals surface area contributed by atoms with Gasteiger partial charge in [0.1, 0.15) is 5.75 Å². The van der Waals surface area contributed by atoms with E-state index in [1.165, 1.54) is 6.20 Å². The quantitative estimate of drug-likeness (QED) is 0.443. The Morgan fingerprint density at radius 1 is 1.36 bits per heavy atom. The highest BCUT2D eigenvalue weighted by Crippen LogP contribution is 2.16. The summed E-state index contributed by atoms with van der Waals surface area (Å²) in [6.07, 6.45) is 6.35. The summed E-state index contributed by atoms with van der Waals surface area (Å²) in [5, 5.41) is 9.87. The van der Waals surface area contributed by atoms with Crippen molar-refractivity contribution in [3.05, 3.63) is 46.5 Å².